The number of aryl methyl sites for hydroxylation is 1. The normalized spacial score (nSPS) is 21.5. The minimum Gasteiger partial charge on any atom is -0.496 e. The molecule has 1 aliphatic heterocycles. The molecule has 1 heterocycles. The molecule has 2 nitrogen and oxygen atoms in total. The lowest BCUT2D eigenvalue weighted by atomic mass is 10.0. The molecule has 2 heteroatoms. The van der Waals surface area contributed by atoms with Crippen LogP contribution in [0, 0.1) is 6.92 Å². The number of hydrogen-bond donors (Lipinski definition) is 0. The van der Waals surface area contributed by atoms with Crippen molar-refractivity contribution in [2.24, 2.45) is 0 Å². The lowest BCUT2D eigenvalue weighted by Crippen LogP contribution is -2.36. The van der Waals surface area contributed by atoms with Gasteiger partial charge in [-0.2, -0.15) is 0 Å². The summed E-state index contributed by atoms with van der Waals surface area (Å²) in [6.45, 7) is 6.77. The molecule has 0 bridgehead atoms. The zero-order valence-electron chi connectivity index (χ0n) is 11.2. The van der Waals surface area contributed by atoms with Crippen molar-refractivity contribution in [1.29, 1.82) is 0 Å². The van der Waals surface area contributed by atoms with E-state index in [1.165, 1.54) is 36.9 Å². The zero-order chi connectivity index (χ0) is 12.3. The number of benzene rings is 1. The lowest BCUT2D eigenvalue weighted by molar-refractivity contribution is 0.152. The number of likely N-dealkylation sites (tertiary alicyclic amines) is 1. The summed E-state index contributed by atoms with van der Waals surface area (Å²) in [5, 5.41) is 0. The molecule has 0 amide bonds. The van der Waals surface area contributed by atoms with Gasteiger partial charge in [-0.3, -0.25) is 4.90 Å². The second kappa shape index (κ2) is 5.54. The van der Waals surface area contributed by atoms with Gasteiger partial charge >= 0.3 is 0 Å². The van der Waals surface area contributed by atoms with Crippen LogP contribution in [0.2, 0.25) is 0 Å². The van der Waals surface area contributed by atoms with Crippen molar-refractivity contribution in [3.63, 3.8) is 0 Å². The Hall–Kier alpha value is -1.02. The standard InChI is InChI=1S/C15H23NO/c1-12-10-14(7-8-15(12)17-3)11-16-9-5-4-6-13(16)2/h7-8,10,13H,4-6,9,11H2,1-3H3. The van der Waals surface area contributed by atoms with Gasteiger partial charge in [-0.1, -0.05) is 18.6 Å². The van der Waals surface area contributed by atoms with Gasteiger partial charge in [-0.25, -0.2) is 0 Å². The highest BCUT2D eigenvalue weighted by atomic mass is 16.5. The van der Waals surface area contributed by atoms with Gasteiger partial charge in [-0.05, 0) is 50.4 Å². The van der Waals surface area contributed by atoms with Crippen LogP contribution < -0.4 is 4.74 Å². The largest absolute Gasteiger partial charge is 0.496 e. The van der Waals surface area contributed by atoms with Crippen molar-refractivity contribution in [3.8, 4) is 5.75 Å². The first-order valence-electron chi connectivity index (χ1n) is 6.58. The molecule has 1 unspecified atom stereocenters. The Morgan fingerprint density at radius 1 is 1.35 bits per heavy atom. The van der Waals surface area contributed by atoms with Crippen LogP contribution in [0.3, 0.4) is 0 Å². The first-order valence-corrected chi connectivity index (χ1v) is 6.58. The number of nitrogens with zero attached hydrogens (tertiary/aromatic N) is 1. The SMILES string of the molecule is COc1ccc(CN2CCCCC2C)cc1C. The Balaban J connectivity index is 2.05. The van der Waals surface area contributed by atoms with Crippen molar-refractivity contribution < 1.29 is 4.74 Å². The van der Waals surface area contributed by atoms with Crippen LogP contribution in [0.1, 0.15) is 37.3 Å². The van der Waals surface area contributed by atoms with E-state index in [1.54, 1.807) is 7.11 Å². The van der Waals surface area contributed by atoms with Crippen molar-refractivity contribution in [2.75, 3.05) is 13.7 Å². The fourth-order valence-corrected chi connectivity index (χ4v) is 2.67. The third-order valence-corrected chi connectivity index (χ3v) is 3.79. The van der Waals surface area contributed by atoms with E-state index in [9.17, 15) is 0 Å². The molecular formula is C15H23NO. The summed E-state index contributed by atoms with van der Waals surface area (Å²) < 4.78 is 5.30. The second-order valence-electron chi connectivity index (χ2n) is 5.12. The first-order chi connectivity index (χ1) is 8.20. The fourth-order valence-electron chi connectivity index (χ4n) is 2.67. The van der Waals surface area contributed by atoms with Gasteiger partial charge in [0.2, 0.25) is 0 Å². The smallest absolute Gasteiger partial charge is 0.121 e. The van der Waals surface area contributed by atoms with Crippen LogP contribution in [0.4, 0.5) is 0 Å². The Bertz CT molecular complexity index is 375. The number of rotatable bonds is 3. The predicted octanol–water partition coefficient (Wildman–Crippen LogP) is 3.38. The van der Waals surface area contributed by atoms with E-state index in [2.05, 4.69) is 36.9 Å². The molecule has 2 rings (SSSR count). The van der Waals surface area contributed by atoms with Gasteiger partial charge in [0.1, 0.15) is 5.75 Å². The summed E-state index contributed by atoms with van der Waals surface area (Å²) in [5.74, 6) is 0.987. The Kier molecular flexibility index (Phi) is 4.06. The highest BCUT2D eigenvalue weighted by molar-refractivity contribution is 5.36. The van der Waals surface area contributed by atoms with E-state index >= 15 is 0 Å². The van der Waals surface area contributed by atoms with E-state index in [-0.39, 0.29) is 0 Å². The number of ether oxygens (including phenoxy) is 1. The summed E-state index contributed by atoms with van der Waals surface area (Å²) in [6.07, 6.45) is 4.08. The van der Waals surface area contributed by atoms with Crippen LogP contribution in [-0.2, 0) is 6.54 Å². The molecular weight excluding hydrogens is 210 g/mol. The fraction of sp³-hybridized carbons (Fsp3) is 0.600. The van der Waals surface area contributed by atoms with Crippen molar-refractivity contribution in [2.45, 2.75) is 45.7 Å². The Morgan fingerprint density at radius 3 is 2.82 bits per heavy atom. The van der Waals surface area contributed by atoms with Gasteiger partial charge in [0, 0.05) is 12.6 Å². The molecule has 0 radical (unpaired) electrons. The molecule has 1 atom stereocenters. The van der Waals surface area contributed by atoms with Gasteiger partial charge in [-0.15, -0.1) is 0 Å². The van der Waals surface area contributed by atoms with Crippen LogP contribution in [0.5, 0.6) is 5.75 Å². The third kappa shape index (κ3) is 3.01. The average molecular weight is 233 g/mol. The van der Waals surface area contributed by atoms with Crippen LogP contribution in [0.25, 0.3) is 0 Å². The summed E-state index contributed by atoms with van der Waals surface area (Å²) in [6, 6.07) is 7.25. The van der Waals surface area contributed by atoms with E-state index < -0.39 is 0 Å². The van der Waals surface area contributed by atoms with E-state index in [4.69, 9.17) is 4.74 Å². The average Bonchev–Trinajstić information content (AvgIpc) is 2.32. The molecule has 0 N–H and O–H groups in total. The Labute approximate surface area is 105 Å². The van der Waals surface area contributed by atoms with Crippen molar-refractivity contribution >= 4 is 0 Å². The molecule has 0 aliphatic carbocycles. The summed E-state index contributed by atoms with van der Waals surface area (Å²) in [7, 11) is 1.73. The predicted molar refractivity (Wildman–Crippen MR) is 71.5 cm³/mol. The molecule has 1 aromatic carbocycles. The molecule has 94 valence electrons. The summed E-state index contributed by atoms with van der Waals surface area (Å²) in [5.41, 5.74) is 2.63. The molecule has 1 aliphatic rings. The molecule has 17 heavy (non-hydrogen) atoms. The van der Waals surface area contributed by atoms with Gasteiger partial charge < -0.3 is 4.74 Å². The molecule has 0 saturated carbocycles. The van der Waals surface area contributed by atoms with Gasteiger partial charge in [0.05, 0.1) is 7.11 Å². The maximum absolute atomic E-state index is 5.30. The third-order valence-electron chi connectivity index (χ3n) is 3.79. The maximum Gasteiger partial charge on any atom is 0.121 e. The van der Waals surface area contributed by atoms with E-state index in [0.717, 1.165) is 18.3 Å². The molecule has 0 aromatic heterocycles. The lowest BCUT2D eigenvalue weighted by Gasteiger charge is -2.33. The van der Waals surface area contributed by atoms with E-state index in [0.29, 0.717) is 0 Å². The quantitative estimate of drug-likeness (QED) is 0.793. The molecule has 1 saturated heterocycles. The minimum atomic E-state index is 0.728. The second-order valence-corrected chi connectivity index (χ2v) is 5.12. The van der Waals surface area contributed by atoms with Crippen molar-refractivity contribution in [3.05, 3.63) is 29.3 Å². The molecule has 1 fully saturated rings. The van der Waals surface area contributed by atoms with Crippen LogP contribution in [-0.4, -0.2) is 24.6 Å². The monoisotopic (exact) mass is 233 g/mol. The van der Waals surface area contributed by atoms with Crippen molar-refractivity contribution in [1.82, 2.24) is 4.90 Å². The summed E-state index contributed by atoms with van der Waals surface area (Å²) in [4.78, 5) is 2.59. The summed E-state index contributed by atoms with van der Waals surface area (Å²) >= 11 is 0. The molecule has 0 spiro atoms. The zero-order valence-corrected chi connectivity index (χ0v) is 11.2. The number of hydrogen-bond acceptors (Lipinski definition) is 2. The maximum atomic E-state index is 5.30. The minimum absolute atomic E-state index is 0.728. The van der Waals surface area contributed by atoms with Crippen LogP contribution >= 0.6 is 0 Å². The van der Waals surface area contributed by atoms with E-state index in [1.807, 2.05) is 0 Å². The Morgan fingerprint density at radius 2 is 2.18 bits per heavy atom. The van der Waals surface area contributed by atoms with Gasteiger partial charge in [0.15, 0.2) is 0 Å². The molecule has 1 aromatic rings. The number of methoxy groups -OCH3 is 1. The van der Waals surface area contributed by atoms with Crippen LogP contribution in [0.15, 0.2) is 18.2 Å². The highest BCUT2D eigenvalue weighted by Gasteiger charge is 2.18. The number of piperidine rings is 1. The topological polar surface area (TPSA) is 12.5 Å². The first kappa shape index (κ1) is 12.4. The van der Waals surface area contributed by atoms with Gasteiger partial charge in [0.25, 0.3) is 0 Å². The highest BCUT2D eigenvalue weighted by Crippen LogP contribution is 2.22.